The molecular weight excluding hydrogens is 376 g/mol. The summed E-state index contributed by atoms with van der Waals surface area (Å²) in [6.45, 7) is 10.2. The van der Waals surface area contributed by atoms with Crippen LogP contribution >= 0.6 is 0 Å². The number of fused-ring (bicyclic) bond motifs is 2. The second-order valence-electron chi connectivity index (χ2n) is 12.8. The van der Waals surface area contributed by atoms with Crippen molar-refractivity contribution in [2.75, 3.05) is 0 Å². The fraction of sp³-hybridized carbons (Fsp3) is 1.00. The summed E-state index contributed by atoms with van der Waals surface area (Å²) in [7, 11) is -1.15. The lowest BCUT2D eigenvalue weighted by Gasteiger charge is -2.57. The van der Waals surface area contributed by atoms with Crippen LogP contribution in [0.15, 0.2) is 0 Å². The SMILES string of the molecule is CCC1CCCC2C1CC(CC)C2[Si]1(C2C(CC)CC3C(CC)CCCC32)CCC1. The van der Waals surface area contributed by atoms with Crippen LogP contribution in [0.4, 0.5) is 0 Å². The number of hydrogen-bond donors (Lipinski definition) is 0. The van der Waals surface area contributed by atoms with E-state index in [0.717, 1.165) is 35.5 Å². The van der Waals surface area contributed by atoms with Crippen molar-refractivity contribution in [1.82, 2.24) is 0 Å². The van der Waals surface area contributed by atoms with Crippen LogP contribution in [-0.2, 0) is 0 Å². The van der Waals surface area contributed by atoms with E-state index in [1.54, 1.807) is 69.9 Å². The smallest absolute Gasteiger partial charge is 0.0609 e. The average molecular weight is 429 g/mol. The van der Waals surface area contributed by atoms with Gasteiger partial charge >= 0.3 is 0 Å². The highest BCUT2D eigenvalue weighted by atomic mass is 28.3. The highest BCUT2D eigenvalue weighted by molar-refractivity contribution is 6.85. The Morgan fingerprint density at radius 3 is 1.27 bits per heavy atom. The minimum absolute atomic E-state index is 1.09. The fourth-order valence-electron chi connectivity index (χ4n) is 11.2. The summed E-state index contributed by atoms with van der Waals surface area (Å²) >= 11 is 0. The summed E-state index contributed by atoms with van der Waals surface area (Å²) < 4.78 is 0. The molecule has 0 N–H and O–H groups in total. The Morgan fingerprint density at radius 2 is 0.933 bits per heavy atom. The summed E-state index contributed by atoms with van der Waals surface area (Å²) in [5, 5.41) is 0. The molecule has 0 aromatic heterocycles. The Balaban J connectivity index is 1.49. The van der Waals surface area contributed by atoms with Gasteiger partial charge in [-0.15, -0.1) is 0 Å². The molecule has 4 saturated carbocycles. The van der Waals surface area contributed by atoms with Gasteiger partial charge in [0.1, 0.15) is 0 Å². The monoisotopic (exact) mass is 428 g/mol. The van der Waals surface area contributed by atoms with Gasteiger partial charge in [0.05, 0.1) is 8.07 Å². The van der Waals surface area contributed by atoms with Crippen LogP contribution in [0.1, 0.15) is 111 Å². The Kier molecular flexibility index (Phi) is 6.51. The van der Waals surface area contributed by atoms with Gasteiger partial charge in [-0.1, -0.05) is 110 Å². The van der Waals surface area contributed by atoms with Crippen LogP contribution in [0, 0.1) is 47.3 Å². The maximum Gasteiger partial charge on any atom is 0.0609 e. The van der Waals surface area contributed by atoms with Crippen LogP contribution < -0.4 is 0 Å². The molecule has 0 bridgehead atoms. The van der Waals surface area contributed by atoms with E-state index in [0.29, 0.717) is 0 Å². The summed E-state index contributed by atoms with van der Waals surface area (Å²) in [5.41, 5.74) is 2.49. The van der Waals surface area contributed by atoms with E-state index in [4.69, 9.17) is 0 Å². The first-order valence-electron chi connectivity index (χ1n) is 14.7. The molecule has 4 aliphatic carbocycles. The molecule has 1 heterocycles. The zero-order valence-corrected chi connectivity index (χ0v) is 21.9. The molecule has 0 aromatic carbocycles. The summed E-state index contributed by atoms with van der Waals surface area (Å²) in [6.07, 6.45) is 20.4. The molecule has 5 fully saturated rings. The zero-order valence-electron chi connectivity index (χ0n) is 20.9. The second kappa shape index (κ2) is 8.87. The van der Waals surface area contributed by atoms with E-state index in [1.165, 1.54) is 48.6 Å². The minimum atomic E-state index is -1.15. The van der Waals surface area contributed by atoms with Crippen molar-refractivity contribution in [2.24, 2.45) is 47.3 Å². The van der Waals surface area contributed by atoms with E-state index < -0.39 is 8.07 Å². The van der Waals surface area contributed by atoms with Gasteiger partial charge in [-0.2, -0.15) is 0 Å². The topological polar surface area (TPSA) is 0 Å². The van der Waals surface area contributed by atoms with E-state index in [9.17, 15) is 0 Å². The van der Waals surface area contributed by atoms with Crippen LogP contribution in [0.25, 0.3) is 0 Å². The van der Waals surface area contributed by atoms with Crippen LogP contribution in [-0.4, -0.2) is 8.07 Å². The molecule has 10 atom stereocenters. The largest absolute Gasteiger partial charge is 0.0651 e. The highest BCUT2D eigenvalue weighted by Gasteiger charge is 2.65. The first kappa shape index (κ1) is 22.0. The van der Waals surface area contributed by atoms with E-state index in [-0.39, 0.29) is 0 Å². The number of rotatable bonds is 6. The summed E-state index contributed by atoms with van der Waals surface area (Å²) in [6, 6.07) is 3.52. The lowest BCUT2D eigenvalue weighted by atomic mass is 9.72. The summed E-state index contributed by atoms with van der Waals surface area (Å²) in [5.74, 6) is 9.04. The molecule has 0 amide bonds. The first-order valence-corrected chi connectivity index (χ1v) is 17.2. The minimum Gasteiger partial charge on any atom is -0.0651 e. The quantitative estimate of drug-likeness (QED) is 0.370. The Hall–Kier alpha value is 0.217. The molecular formula is C29H52Si. The van der Waals surface area contributed by atoms with Crippen molar-refractivity contribution in [3.05, 3.63) is 0 Å². The molecule has 1 saturated heterocycles. The molecule has 1 aliphatic heterocycles. The third-order valence-electron chi connectivity index (χ3n) is 12.3. The second-order valence-corrected chi connectivity index (χ2v) is 17.6. The molecule has 5 aliphatic rings. The van der Waals surface area contributed by atoms with Gasteiger partial charge in [-0.05, 0) is 71.3 Å². The number of hydrogen-bond acceptors (Lipinski definition) is 0. The van der Waals surface area contributed by atoms with Gasteiger partial charge in [0.15, 0.2) is 0 Å². The molecule has 30 heavy (non-hydrogen) atoms. The van der Waals surface area contributed by atoms with Crippen LogP contribution in [0.2, 0.25) is 23.2 Å². The molecule has 172 valence electrons. The van der Waals surface area contributed by atoms with Gasteiger partial charge in [-0.25, -0.2) is 0 Å². The average Bonchev–Trinajstić information content (AvgIpc) is 3.32. The van der Waals surface area contributed by atoms with Gasteiger partial charge in [0.25, 0.3) is 0 Å². The van der Waals surface area contributed by atoms with Crippen molar-refractivity contribution < 1.29 is 0 Å². The third kappa shape index (κ3) is 3.25. The van der Waals surface area contributed by atoms with Gasteiger partial charge in [0, 0.05) is 0 Å². The lowest BCUT2D eigenvalue weighted by molar-refractivity contribution is 0.168. The predicted molar refractivity (Wildman–Crippen MR) is 134 cm³/mol. The zero-order chi connectivity index (χ0) is 20.9. The molecule has 1 heteroatoms. The third-order valence-corrected chi connectivity index (χ3v) is 19.4. The Labute approximate surface area is 189 Å². The predicted octanol–water partition coefficient (Wildman–Crippen LogP) is 9.32. The maximum atomic E-state index is 2.58. The maximum absolute atomic E-state index is 2.58. The van der Waals surface area contributed by atoms with E-state index in [2.05, 4.69) is 27.7 Å². The first-order chi connectivity index (χ1) is 14.7. The van der Waals surface area contributed by atoms with Gasteiger partial charge in [0.2, 0.25) is 0 Å². The normalized spacial score (nSPS) is 50.0. The van der Waals surface area contributed by atoms with E-state index >= 15 is 0 Å². The molecule has 0 nitrogen and oxygen atoms in total. The molecule has 5 rings (SSSR count). The lowest BCUT2D eigenvalue weighted by Crippen LogP contribution is -2.56. The molecule has 0 aromatic rings. The van der Waals surface area contributed by atoms with Crippen LogP contribution in [0.3, 0.4) is 0 Å². The van der Waals surface area contributed by atoms with Gasteiger partial charge in [-0.3, -0.25) is 0 Å². The molecule has 10 unspecified atom stereocenters. The highest BCUT2D eigenvalue weighted by Crippen LogP contribution is 2.71. The van der Waals surface area contributed by atoms with Crippen molar-refractivity contribution in [2.45, 2.75) is 134 Å². The fourth-order valence-corrected chi connectivity index (χ4v) is 19.3. The Bertz CT molecular complexity index is 533. The van der Waals surface area contributed by atoms with Crippen molar-refractivity contribution >= 4 is 8.07 Å². The van der Waals surface area contributed by atoms with Crippen molar-refractivity contribution in [1.29, 1.82) is 0 Å². The summed E-state index contributed by atoms with van der Waals surface area (Å²) in [4.78, 5) is 0. The van der Waals surface area contributed by atoms with Crippen molar-refractivity contribution in [3.63, 3.8) is 0 Å². The van der Waals surface area contributed by atoms with Crippen LogP contribution in [0.5, 0.6) is 0 Å². The molecule has 0 spiro atoms. The van der Waals surface area contributed by atoms with Crippen molar-refractivity contribution in [3.8, 4) is 0 Å². The van der Waals surface area contributed by atoms with Gasteiger partial charge < -0.3 is 0 Å². The molecule has 0 radical (unpaired) electrons. The van der Waals surface area contributed by atoms with E-state index in [1.807, 2.05) is 0 Å². The standard InChI is InChI=1S/C29H52Si/c1-5-20-12-9-14-24-26(20)18-22(7-3)28(24)30(16-11-17-30)29-23(8-4)19-27-21(6-2)13-10-15-25(27)29/h20-29H,5-19H2,1-4H3. The Morgan fingerprint density at radius 1 is 0.500 bits per heavy atom.